The molecule has 0 aliphatic carbocycles. The van der Waals surface area contributed by atoms with E-state index < -0.39 is 15.6 Å². The topological polar surface area (TPSA) is 88.6 Å². The Morgan fingerprint density at radius 3 is 2.75 bits per heavy atom. The lowest BCUT2D eigenvalue weighted by Crippen LogP contribution is -2.32. The molecule has 1 aliphatic rings. The molecule has 0 unspecified atom stereocenters. The van der Waals surface area contributed by atoms with E-state index in [1.54, 1.807) is 12.1 Å². The highest BCUT2D eigenvalue weighted by atomic mass is 32.2. The summed E-state index contributed by atoms with van der Waals surface area (Å²) in [6.45, 7) is 2.52. The minimum Gasteiger partial charge on any atom is -0.376 e. The van der Waals surface area contributed by atoms with E-state index in [-0.39, 0.29) is 11.7 Å². The number of alkyl halides is 3. The highest BCUT2D eigenvalue weighted by molar-refractivity contribution is 7.88. The van der Waals surface area contributed by atoms with E-state index in [4.69, 9.17) is 0 Å². The number of hydrogen-bond acceptors (Lipinski definition) is 7. The molecule has 1 N–H and O–H groups in total. The molecule has 36 heavy (non-hydrogen) atoms. The second-order valence-corrected chi connectivity index (χ2v) is 10.9. The van der Waals surface area contributed by atoms with Crippen molar-refractivity contribution in [2.45, 2.75) is 31.3 Å². The van der Waals surface area contributed by atoms with Gasteiger partial charge in [-0.3, -0.25) is 9.69 Å². The van der Waals surface area contributed by atoms with Crippen LogP contribution in [0.1, 0.15) is 29.0 Å². The fraction of sp³-hybridized carbons (Fsp3) is 0.333. The number of nitrogens with zero attached hydrogens (tertiary/aromatic N) is 2. The molecular formula is C24H24F3N3O4S2. The molecule has 12 heteroatoms. The first kappa shape index (κ1) is 26.1. The smallest absolute Gasteiger partial charge is 0.376 e. The Hall–Kier alpha value is -2.96. The lowest BCUT2D eigenvalue weighted by molar-refractivity contribution is -0.116. The van der Waals surface area contributed by atoms with Crippen LogP contribution < -0.4 is 9.50 Å². The van der Waals surface area contributed by atoms with Crippen LogP contribution in [0.2, 0.25) is 0 Å². The lowest BCUT2D eigenvalue weighted by atomic mass is 9.99. The van der Waals surface area contributed by atoms with Gasteiger partial charge in [-0.15, -0.1) is 11.3 Å². The Kier molecular flexibility index (Phi) is 7.96. The average molecular weight is 540 g/mol. The normalized spacial score (nSPS) is 14.8. The molecule has 1 aliphatic heterocycles. The van der Waals surface area contributed by atoms with E-state index >= 15 is 0 Å². The van der Waals surface area contributed by atoms with Gasteiger partial charge in [0.25, 0.3) is 0 Å². The molecule has 0 bridgehead atoms. The Labute approximate surface area is 210 Å². The van der Waals surface area contributed by atoms with Gasteiger partial charge in [-0.05, 0) is 67.3 Å². The van der Waals surface area contributed by atoms with E-state index in [0.29, 0.717) is 19.5 Å². The maximum absolute atomic E-state index is 12.6. The first-order valence-electron chi connectivity index (χ1n) is 11.3. The molecule has 0 radical (unpaired) electrons. The number of thiazole rings is 1. The lowest BCUT2D eigenvalue weighted by Gasteiger charge is -2.29. The summed E-state index contributed by atoms with van der Waals surface area (Å²) < 4.78 is 65.6. The number of hydrogen-bond donors (Lipinski definition) is 1. The average Bonchev–Trinajstić information content (AvgIpc) is 3.24. The maximum atomic E-state index is 12.6. The molecule has 0 atom stereocenters. The summed E-state index contributed by atoms with van der Waals surface area (Å²) in [5.41, 5.74) is -2.88. The van der Waals surface area contributed by atoms with Crippen LogP contribution in [-0.4, -0.2) is 49.4 Å². The van der Waals surface area contributed by atoms with E-state index in [2.05, 4.69) is 19.4 Å². The summed E-state index contributed by atoms with van der Waals surface area (Å²) in [6.07, 6.45) is 5.45. The van der Waals surface area contributed by atoms with Gasteiger partial charge in [-0.1, -0.05) is 18.2 Å². The van der Waals surface area contributed by atoms with Crippen molar-refractivity contribution in [3.63, 3.8) is 0 Å². The number of unbranched alkanes of at least 4 members (excludes halogenated alkanes) is 1. The van der Waals surface area contributed by atoms with Gasteiger partial charge in [-0.2, -0.15) is 21.6 Å². The zero-order chi connectivity index (χ0) is 25.8. The first-order chi connectivity index (χ1) is 17.1. The van der Waals surface area contributed by atoms with Gasteiger partial charge in [0.2, 0.25) is 5.91 Å². The summed E-state index contributed by atoms with van der Waals surface area (Å²) in [5.74, 6) is -0.544. The van der Waals surface area contributed by atoms with Gasteiger partial charge in [0, 0.05) is 25.7 Å². The number of para-hydroxylation sites is 1. The van der Waals surface area contributed by atoms with Crippen molar-refractivity contribution in [2.24, 2.45) is 0 Å². The number of nitrogens with one attached hydrogen (secondary N) is 1. The molecular weight excluding hydrogens is 515 g/mol. The van der Waals surface area contributed by atoms with Gasteiger partial charge < -0.3 is 9.50 Å². The minimum atomic E-state index is -5.70. The van der Waals surface area contributed by atoms with Crippen molar-refractivity contribution < 1.29 is 30.6 Å². The van der Waals surface area contributed by atoms with Crippen LogP contribution in [-0.2, 0) is 27.9 Å². The van der Waals surface area contributed by atoms with E-state index in [1.807, 2.05) is 24.3 Å². The molecule has 0 fully saturated rings. The van der Waals surface area contributed by atoms with Crippen molar-refractivity contribution in [2.75, 3.05) is 19.6 Å². The number of carbonyl (C=O) groups is 1. The second-order valence-electron chi connectivity index (χ2n) is 8.29. The van der Waals surface area contributed by atoms with Gasteiger partial charge in [0.15, 0.2) is 0 Å². The molecule has 0 saturated heterocycles. The van der Waals surface area contributed by atoms with E-state index in [9.17, 15) is 26.4 Å². The van der Waals surface area contributed by atoms with Gasteiger partial charge >= 0.3 is 15.6 Å². The summed E-state index contributed by atoms with van der Waals surface area (Å²) >= 11 is 1.52. The second kappa shape index (κ2) is 11.0. The molecule has 2 heterocycles. The maximum Gasteiger partial charge on any atom is 0.534 e. The van der Waals surface area contributed by atoms with Crippen LogP contribution in [0.25, 0.3) is 16.3 Å². The zero-order valence-electron chi connectivity index (χ0n) is 19.1. The molecule has 192 valence electrons. The molecule has 0 spiro atoms. The Morgan fingerprint density at radius 2 is 1.97 bits per heavy atom. The zero-order valence-corrected chi connectivity index (χ0v) is 20.8. The molecule has 0 saturated carbocycles. The predicted octanol–water partition coefficient (Wildman–Crippen LogP) is 4.49. The van der Waals surface area contributed by atoms with Crippen LogP contribution in [0.4, 0.5) is 13.2 Å². The fourth-order valence-electron chi connectivity index (χ4n) is 3.85. The third-order valence-electron chi connectivity index (χ3n) is 5.65. The number of rotatable bonds is 9. The fourth-order valence-corrected chi connectivity index (χ4v) is 5.17. The van der Waals surface area contributed by atoms with Crippen molar-refractivity contribution in [1.29, 1.82) is 0 Å². The SMILES string of the molecule is O=C(C=Cc1nc2ccccc2s1)NCCCCN1CCc2ccc(OS(=O)(=O)C(F)(F)F)cc2C1. The van der Waals surface area contributed by atoms with Crippen molar-refractivity contribution >= 4 is 43.7 Å². The minimum absolute atomic E-state index is 0.192. The largest absolute Gasteiger partial charge is 0.534 e. The van der Waals surface area contributed by atoms with Crippen LogP contribution in [0.5, 0.6) is 5.75 Å². The Balaban J connectivity index is 1.19. The van der Waals surface area contributed by atoms with Crippen molar-refractivity contribution in [1.82, 2.24) is 15.2 Å². The van der Waals surface area contributed by atoms with Crippen LogP contribution in [0.3, 0.4) is 0 Å². The summed E-state index contributed by atoms with van der Waals surface area (Å²) in [7, 11) is -5.70. The number of carbonyl (C=O) groups excluding carboxylic acids is 1. The summed E-state index contributed by atoms with van der Waals surface area (Å²) in [4.78, 5) is 18.7. The van der Waals surface area contributed by atoms with Crippen molar-refractivity contribution in [3.8, 4) is 5.75 Å². The van der Waals surface area contributed by atoms with Crippen LogP contribution in [0.15, 0.2) is 48.5 Å². The van der Waals surface area contributed by atoms with E-state index in [0.717, 1.165) is 52.3 Å². The standard InChI is InChI=1S/C24H24F3N3O4S2/c25-24(26,27)36(32,33)34-19-8-7-17-11-14-30(16-18(17)15-19)13-4-3-12-28-22(31)9-10-23-29-20-5-1-2-6-21(20)35-23/h1-2,5-10,15H,3-4,11-14,16H2,(H,28,31). The van der Waals surface area contributed by atoms with E-state index in [1.165, 1.54) is 29.5 Å². The Bertz CT molecular complexity index is 1340. The third kappa shape index (κ3) is 6.62. The van der Waals surface area contributed by atoms with Crippen LogP contribution >= 0.6 is 11.3 Å². The van der Waals surface area contributed by atoms with Gasteiger partial charge in [0.05, 0.1) is 10.2 Å². The quantitative estimate of drug-likeness (QED) is 0.187. The molecule has 7 nitrogen and oxygen atoms in total. The summed E-state index contributed by atoms with van der Waals surface area (Å²) in [5, 5.41) is 3.61. The number of aromatic nitrogens is 1. The van der Waals surface area contributed by atoms with Gasteiger partial charge in [-0.25, -0.2) is 4.98 Å². The Morgan fingerprint density at radius 1 is 1.17 bits per heavy atom. The molecule has 1 aromatic heterocycles. The van der Waals surface area contributed by atoms with Crippen molar-refractivity contribution in [3.05, 3.63) is 64.7 Å². The third-order valence-corrected chi connectivity index (χ3v) is 7.63. The highest BCUT2D eigenvalue weighted by Crippen LogP contribution is 2.30. The number of amides is 1. The predicted molar refractivity (Wildman–Crippen MR) is 132 cm³/mol. The van der Waals surface area contributed by atoms with Gasteiger partial charge in [0.1, 0.15) is 10.8 Å². The number of halogens is 3. The van der Waals surface area contributed by atoms with Crippen LogP contribution in [0, 0.1) is 0 Å². The monoisotopic (exact) mass is 539 g/mol. The summed E-state index contributed by atoms with van der Waals surface area (Å²) in [6, 6.07) is 12.0. The highest BCUT2D eigenvalue weighted by Gasteiger charge is 2.48. The molecule has 3 aromatic rings. The first-order valence-corrected chi connectivity index (χ1v) is 13.5. The molecule has 4 rings (SSSR count). The molecule has 2 aromatic carbocycles. The molecule has 1 amide bonds. The number of benzene rings is 2. The number of fused-ring (bicyclic) bond motifs is 2.